The van der Waals surface area contributed by atoms with Crippen molar-refractivity contribution in [2.45, 2.75) is 33.7 Å². The number of carbonyl (C=O) groups is 1. The SMILES string of the molecule is CCCN(Cc1ccc(C(=O)NCC(C)C)cc1)c1nc(-c2ccc3ccccc3c2)cs1. The van der Waals surface area contributed by atoms with Crippen LogP contribution in [0.25, 0.3) is 22.0 Å². The molecule has 5 heteroatoms. The van der Waals surface area contributed by atoms with Gasteiger partial charge in [0.1, 0.15) is 0 Å². The van der Waals surface area contributed by atoms with Crippen molar-refractivity contribution in [2.75, 3.05) is 18.0 Å². The van der Waals surface area contributed by atoms with Crippen molar-refractivity contribution in [3.05, 3.63) is 83.2 Å². The summed E-state index contributed by atoms with van der Waals surface area (Å²) in [7, 11) is 0. The Morgan fingerprint density at radius 1 is 1.03 bits per heavy atom. The number of nitrogens with one attached hydrogen (secondary N) is 1. The van der Waals surface area contributed by atoms with Gasteiger partial charge in [0.25, 0.3) is 5.91 Å². The number of thiazole rings is 1. The molecule has 3 aromatic carbocycles. The van der Waals surface area contributed by atoms with Gasteiger partial charge in [-0.1, -0.05) is 69.3 Å². The minimum Gasteiger partial charge on any atom is -0.352 e. The number of amides is 1. The summed E-state index contributed by atoms with van der Waals surface area (Å²) in [6, 6.07) is 22.8. The summed E-state index contributed by atoms with van der Waals surface area (Å²) >= 11 is 1.69. The number of benzene rings is 3. The summed E-state index contributed by atoms with van der Waals surface area (Å²) in [5.74, 6) is 0.425. The van der Waals surface area contributed by atoms with Gasteiger partial charge < -0.3 is 10.2 Å². The Bertz CT molecular complexity index is 1210. The Morgan fingerprint density at radius 2 is 1.79 bits per heavy atom. The highest BCUT2D eigenvalue weighted by Gasteiger charge is 2.13. The molecule has 1 N–H and O–H groups in total. The van der Waals surface area contributed by atoms with E-state index in [1.807, 2.05) is 24.3 Å². The predicted molar refractivity (Wildman–Crippen MR) is 140 cm³/mol. The van der Waals surface area contributed by atoms with E-state index in [0.717, 1.165) is 35.9 Å². The van der Waals surface area contributed by atoms with Crippen LogP contribution in [0.4, 0.5) is 5.13 Å². The van der Waals surface area contributed by atoms with Crippen LogP contribution in [0.3, 0.4) is 0 Å². The van der Waals surface area contributed by atoms with E-state index in [-0.39, 0.29) is 5.91 Å². The molecule has 0 aliphatic carbocycles. The lowest BCUT2D eigenvalue weighted by Crippen LogP contribution is -2.27. The van der Waals surface area contributed by atoms with E-state index >= 15 is 0 Å². The van der Waals surface area contributed by atoms with Gasteiger partial charge in [-0.15, -0.1) is 11.3 Å². The first-order chi connectivity index (χ1) is 16.0. The first-order valence-corrected chi connectivity index (χ1v) is 12.5. The van der Waals surface area contributed by atoms with Gasteiger partial charge >= 0.3 is 0 Å². The smallest absolute Gasteiger partial charge is 0.251 e. The van der Waals surface area contributed by atoms with E-state index in [2.05, 4.69) is 78.8 Å². The molecule has 0 fully saturated rings. The highest BCUT2D eigenvalue weighted by Crippen LogP contribution is 2.30. The van der Waals surface area contributed by atoms with Crippen molar-refractivity contribution in [1.29, 1.82) is 0 Å². The second kappa shape index (κ2) is 10.6. The fourth-order valence-corrected chi connectivity index (χ4v) is 4.65. The molecule has 0 unspecified atom stereocenters. The van der Waals surface area contributed by atoms with Crippen LogP contribution < -0.4 is 10.2 Å². The highest BCUT2D eigenvalue weighted by atomic mass is 32.1. The van der Waals surface area contributed by atoms with E-state index in [4.69, 9.17) is 4.98 Å². The van der Waals surface area contributed by atoms with Crippen molar-refractivity contribution in [3.8, 4) is 11.3 Å². The lowest BCUT2D eigenvalue weighted by molar-refractivity contribution is 0.0949. The first kappa shape index (κ1) is 23.0. The van der Waals surface area contributed by atoms with Crippen molar-refractivity contribution < 1.29 is 4.79 Å². The molecule has 1 amide bonds. The first-order valence-electron chi connectivity index (χ1n) is 11.6. The Hall–Kier alpha value is -3.18. The van der Waals surface area contributed by atoms with Gasteiger partial charge in [-0.3, -0.25) is 4.79 Å². The monoisotopic (exact) mass is 457 g/mol. The highest BCUT2D eigenvalue weighted by molar-refractivity contribution is 7.14. The van der Waals surface area contributed by atoms with Gasteiger partial charge in [0, 0.05) is 36.1 Å². The zero-order valence-corrected chi connectivity index (χ0v) is 20.4. The average molecular weight is 458 g/mol. The van der Waals surface area contributed by atoms with Crippen molar-refractivity contribution in [1.82, 2.24) is 10.3 Å². The number of nitrogens with zero attached hydrogens (tertiary/aromatic N) is 2. The molecule has 0 saturated heterocycles. The van der Waals surface area contributed by atoms with Crippen LogP contribution >= 0.6 is 11.3 Å². The second-order valence-electron chi connectivity index (χ2n) is 8.80. The van der Waals surface area contributed by atoms with Gasteiger partial charge in [-0.25, -0.2) is 4.98 Å². The van der Waals surface area contributed by atoms with E-state index < -0.39 is 0 Å². The van der Waals surface area contributed by atoms with E-state index in [9.17, 15) is 4.79 Å². The van der Waals surface area contributed by atoms with Crippen LogP contribution in [0, 0.1) is 5.92 Å². The molecular formula is C28H31N3OS. The molecule has 0 spiro atoms. The van der Waals surface area contributed by atoms with Crippen LogP contribution in [-0.2, 0) is 6.54 Å². The van der Waals surface area contributed by atoms with Crippen molar-refractivity contribution in [2.24, 2.45) is 5.92 Å². The fraction of sp³-hybridized carbons (Fsp3) is 0.286. The van der Waals surface area contributed by atoms with Crippen LogP contribution in [-0.4, -0.2) is 24.0 Å². The van der Waals surface area contributed by atoms with Crippen molar-refractivity contribution >= 4 is 33.1 Å². The minimum absolute atomic E-state index is 0.0133. The van der Waals surface area contributed by atoms with Crippen LogP contribution in [0.1, 0.15) is 43.1 Å². The maximum atomic E-state index is 12.3. The molecule has 1 heterocycles. The largest absolute Gasteiger partial charge is 0.352 e. The maximum Gasteiger partial charge on any atom is 0.251 e. The summed E-state index contributed by atoms with van der Waals surface area (Å²) in [6.45, 7) is 8.76. The number of aromatic nitrogens is 1. The normalized spacial score (nSPS) is 11.2. The molecule has 1 aromatic heterocycles. The zero-order valence-electron chi connectivity index (χ0n) is 19.5. The van der Waals surface area contributed by atoms with Crippen LogP contribution in [0.2, 0.25) is 0 Å². The summed E-state index contributed by atoms with van der Waals surface area (Å²) in [6.07, 6.45) is 1.04. The third kappa shape index (κ3) is 5.79. The minimum atomic E-state index is -0.0133. The third-order valence-electron chi connectivity index (χ3n) is 5.56. The molecule has 170 valence electrons. The molecule has 4 rings (SSSR count). The van der Waals surface area contributed by atoms with E-state index in [0.29, 0.717) is 18.0 Å². The lowest BCUT2D eigenvalue weighted by atomic mass is 10.1. The molecule has 4 aromatic rings. The number of rotatable bonds is 9. The van der Waals surface area contributed by atoms with Gasteiger partial charge in [0.2, 0.25) is 0 Å². The van der Waals surface area contributed by atoms with Crippen LogP contribution in [0.15, 0.2) is 72.1 Å². The number of hydrogen-bond donors (Lipinski definition) is 1. The molecular weight excluding hydrogens is 426 g/mol. The van der Waals surface area contributed by atoms with E-state index in [1.165, 1.54) is 16.3 Å². The standard InChI is InChI=1S/C28H31N3OS/c1-4-15-31(18-21-9-11-23(12-10-21)27(32)29-17-20(2)3)28-30-26(19-33-28)25-14-13-22-7-5-6-8-24(22)16-25/h5-14,16,19-20H,4,15,17-18H2,1-3H3,(H,29,32). The Morgan fingerprint density at radius 3 is 2.52 bits per heavy atom. The topological polar surface area (TPSA) is 45.2 Å². The Balaban J connectivity index is 1.48. The predicted octanol–water partition coefficient (Wildman–Crippen LogP) is 6.77. The Kier molecular flexibility index (Phi) is 7.40. The molecule has 0 bridgehead atoms. The number of carbonyl (C=O) groups excluding carboxylic acids is 1. The zero-order chi connectivity index (χ0) is 23.2. The number of fused-ring (bicyclic) bond motifs is 1. The molecule has 0 saturated carbocycles. The lowest BCUT2D eigenvalue weighted by Gasteiger charge is -2.21. The van der Waals surface area contributed by atoms with E-state index in [1.54, 1.807) is 11.3 Å². The average Bonchev–Trinajstić information content (AvgIpc) is 3.33. The Labute approximate surface area is 200 Å². The molecule has 0 aliphatic rings. The summed E-state index contributed by atoms with van der Waals surface area (Å²) in [4.78, 5) is 19.6. The summed E-state index contributed by atoms with van der Waals surface area (Å²) < 4.78 is 0. The molecule has 0 atom stereocenters. The van der Waals surface area contributed by atoms with Crippen molar-refractivity contribution in [3.63, 3.8) is 0 Å². The molecule has 0 radical (unpaired) electrons. The second-order valence-corrected chi connectivity index (χ2v) is 9.64. The number of hydrogen-bond acceptors (Lipinski definition) is 4. The van der Waals surface area contributed by atoms with Gasteiger partial charge in [-0.05, 0) is 46.9 Å². The summed E-state index contributed by atoms with van der Waals surface area (Å²) in [5.41, 5.74) is 4.03. The molecule has 0 aliphatic heterocycles. The van der Waals surface area contributed by atoms with Crippen LogP contribution in [0.5, 0.6) is 0 Å². The summed E-state index contributed by atoms with van der Waals surface area (Å²) in [5, 5.41) is 8.62. The fourth-order valence-electron chi connectivity index (χ4n) is 3.78. The van der Waals surface area contributed by atoms with Gasteiger partial charge in [0.15, 0.2) is 5.13 Å². The molecule has 4 nitrogen and oxygen atoms in total. The maximum absolute atomic E-state index is 12.3. The van der Waals surface area contributed by atoms with Gasteiger partial charge in [-0.2, -0.15) is 0 Å². The third-order valence-corrected chi connectivity index (χ3v) is 6.46. The molecule has 33 heavy (non-hydrogen) atoms. The van der Waals surface area contributed by atoms with Gasteiger partial charge in [0.05, 0.1) is 5.69 Å². The quantitative estimate of drug-likeness (QED) is 0.302. The number of anilines is 1.